The maximum absolute atomic E-state index is 13.1. The zero-order chi connectivity index (χ0) is 23.0. The molecule has 1 saturated heterocycles. The highest BCUT2D eigenvalue weighted by molar-refractivity contribution is 5.98. The van der Waals surface area contributed by atoms with Crippen molar-refractivity contribution in [2.45, 2.75) is 38.5 Å². The Morgan fingerprint density at radius 3 is 2.50 bits per heavy atom. The van der Waals surface area contributed by atoms with E-state index in [9.17, 15) is 22.8 Å². The molecule has 0 saturated carbocycles. The van der Waals surface area contributed by atoms with Gasteiger partial charge in [-0.1, -0.05) is 35.6 Å². The van der Waals surface area contributed by atoms with Gasteiger partial charge in [0.25, 0.3) is 11.6 Å². The number of hydrogen-bond acceptors (Lipinski definition) is 3. The predicted octanol–water partition coefficient (Wildman–Crippen LogP) is 2.69. The molecule has 1 N–H and O–H groups in total. The van der Waals surface area contributed by atoms with Gasteiger partial charge in [0.2, 0.25) is 5.69 Å². The lowest BCUT2D eigenvalue weighted by Gasteiger charge is -2.35. The van der Waals surface area contributed by atoms with Gasteiger partial charge in [-0.05, 0) is 24.1 Å². The summed E-state index contributed by atoms with van der Waals surface area (Å²) in [6.07, 6.45) is -2.83. The molecule has 5 rings (SSSR count). The monoisotopic (exact) mass is 444 g/mol. The summed E-state index contributed by atoms with van der Waals surface area (Å²) in [5.74, 6) is -0.520. The van der Waals surface area contributed by atoms with E-state index in [1.165, 1.54) is 12.1 Å². The van der Waals surface area contributed by atoms with Crippen molar-refractivity contribution in [3.05, 3.63) is 53.3 Å². The summed E-state index contributed by atoms with van der Waals surface area (Å²) in [5.41, 5.74) is 0.853. The van der Waals surface area contributed by atoms with E-state index in [4.69, 9.17) is 0 Å². The van der Waals surface area contributed by atoms with Crippen molar-refractivity contribution in [2.75, 3.05) is 13.1 Å². The number of nitrogens with zero attached hydrogens (tertiary/aromatic N) is 4. The van der Waals surface area contributed by atoms with Crippen LogP contribution in [0.1, 0.15) is 48.3 Å². The molecule has 1 aromatic carbocycles. The number of halogens is 3. The van der Waals surface area contributed by atoms with Crippen LogP contribution in [0.3, 0.4) is 0 Å². The molecule has 1 unspecified atom stereocenters. The minimum Gasteiger partial charge on any atom is -0.349 e. The van der Waals surface area contributed by atoms with Gasteiger partial charge in [0.15, 0.2) is 6.20 Å². The van der Waals surface area contributed by atoms with Crippen LogP contribution in [0.2, 0.25) is 0 Å². The summed E-state index contributed by atoms with van der Waals surface area (Å²) in [6, 6.07) is 6.63. The highest BCUT2D eigenvalue weighted by Crippen LogP contribution is 2.34. The summed E-state index contributed by atoms with van der Waals surface area (Å²) in [6.45, 7) is 6.46. The normalized spacial score (nSPS) is 20.7. The molecule has 2 aliphatic rings. The first-order valence-corrected chi connectivity index (χ1v) is 10.3. The molecule has 166 valence electrons. The topological polar surface area (TPSA) is 70.6 Å². The van der Waals surface area contributed by atoms with E-state index in [0.717, 1.165) is 17.7 Å². The van der Waals surface area contributed by atoms with Gasteiger partial charge in [-0.25, -0.2) is 0 Å². The average molecular weight is 444 g/mol. The molecule has 0 bridgehead atoms. The molecule has 7 nitrogen and oxygen atoms in total. The second-order valence-corrected chi connectivity index (χ2v) is 8.57. The smallest absolute Gasteiger partial charge is 0.349 e. The summed E-state index contributed by atoms with van der Waals surface area (Å²) in [5, 5.41) is 7.42. The molecule has 2 aromatic heterocycles. The second kappa shape index (κ2) is 6.54. The van der Waals surface area contributed by atoms with Crippen LogP contribution in [0.5, 0.6) is 0 Å². The SMILES string of the molecule is CC(C)c1cc(-c2ccc(C(F)(F)F)cc2)nn2cc3[n+](c12)C1(C)C(=O)NCCN1C3=O. The number of benzene rings is 1. The van der Waals surface area contributed by atoms with Crippen LogP contribution in [0.4, 0.5) is 13.2 Å². The third kappa shape index (κ3) is 2.68. The first-order valence-electron chi connectivity index (χ1n) is 10.3. The minimum atomic E-state index is -4.42. The van der Waals surface area contributed by atoms with Gasteiger partial charge in [0.05, 0.1) is 5.56 Å². The minimum absolute atomic E-state index is 0.000368. The van der Waals surface area contributed by atoms with Gasteiger partial charge >= 0.3 is 17.7 Å². The molecular weight excluding hydrogens is 423 g/mol. The largest absolute Gasteiger partial charge is 0.416 e. The Hall–Kier alpha value is -3.43. The lowest BCUT2D eigenvalue weighted by Crippen LogP contribution is -2.71. The number of rotatable bonds is 2. The van der Waals surface area contributed by atoms with Crippen molar-refractivity contribution in [3.8, 4) is 11.3 Å². The van der Waals surface area contributed by atoms with Crippen LogP contribution in [0.25, 0.3) is 16.9 Å². The number of carbonyl (C=O) groups is 2. The van der Waals surface area contributed by atoms with E-state index >= 15 is 0 Å². The first kappa shape index (κ1) is 20.5. The van der Waals surface area contributed by atoms with E-state index in [1.54, 1.807) is 27.1 Å². The van der Waals surface area contributed by atoms with Gasteiger partial charge in [0.1, 0.15) is 5.69 Å². The fourth-order valence-electron chi connectivity index (χ4n) is 4.58. The van der Waals surface area contributed by atoms with Gasteiger partial charge in [-0.2, -0.15) is 17.7 Å². The molecule has 32 heavy (non-hydrogen) atoms. The Kier molecular flexibility index (Phi) is 4.18. The number of alkyl halides is 3. The van der Waals surface area contributed by atoms with Gasteiger partial charge in [-0.15, -0.1) is 0 Å². The lowest BCUT2D eigenvalue weighted by atomic mass is 10.0. The fourth-order valence-corrected chi connectivity index (χ4v) is 4.58. The van der Waals surface area contributed by atoms with Crippen LogP contribution in [-0.4, -0.2) is 39.4 Å². The fraction of sp³-hybridized carbons (Fsp3) is 0.364. The first-order chi connectivity index (χ1) is 15.0. The molecule has 0 aliphatic carbocycles. The van der Waals surface area contributed by atoms with Crippen LogP contribution in [-0.2, 0) is 16.6 Å². The van der Waals surface area contributed by atoms with Crippen LogP contribution >= 0.6 is 0 Å². The van der Waals surface area contributed by atoms with E-state index in [2.05, 4.69) is 10.4 Å². The number of nitrogens with one attached hydrogen (secondary N) is 1. The van der Waals surface area contributed by atoms with Gasteiger partial charge < -0.3 is 5.32 Å². The molecule has 2 aliphatic heterocycles. The molecule has 3 aromatic rings. The lowest BCUT2D eigenvalue weighted by molar-refractivity contribution is -0.732. The summed E-state index contributed by atoms with van der Waals surface area (Å²) in [4.78, 5) is 27.5. The van der Waals surface area contributed by atoms with Crippen molar-refractivity contribution in [2.24, 2.45) is 0 Å². The quantitative estimate of drug-likeness (QED) is 0.618. The number of carbonyl (C=O) groups excluding carboxylic acids is 2. The molecular formula is C22H21F3N5O2+. The van der Waals surface area contributed by atoms with Crippen LogP contribution in [0, 0.1) is 0 Å². The van der Waals surface area contributed by atoms with E-state index in [0.29, 0.717) is 35.7 Å². The van der Waals surface area contributed by atoms with Crippen molar-refractivity contribution in [1.82, 2.24) is 19.8 Å². The third-order valence-electron chi connectivity index (χ3n) is 6.29. The summed E-state index contributed by atoms with van der Waals surface area (Å²) >= 11 is 0. The van der Waals surface area contributed by atoms with Crippen molar-refractivity contribution in [3.63, 3.8) is 0 Å². The molecule has 0 spiro atoms. The van der Waals surface area contributed by atoms with Gasteiger partial charge in [-0.3, -0.25) is 14.5 Å². The zero-order valence-electron chi connectivity index (χ0n) is 17.7. The number of hydrogen-bond donors (Lipinski definition) is 1. The van der Waals surface area contributed by atoms with Crippen LogP contribution < -0.4 is 9.88 Å². The number of amides is 2. The Morgan fingerprint density at radius 1 is 1.19 bits per heavy atom. The molecule has 1 fully saturated rings. The highest BCUT2D eigenvalue weighted by atomic mass is 19.4. The number of fused-ring (bicyclic) bond motifs is 5. The molecule has 2 amide bonds. The summed E-state index contributed by atoms with van der Waals surface area (Å²) in [7, 11) is 0. The Morgan fingerprint density at radius 2 is 1.88 bits per heavy atom. The maximum Gasteiger partial charge on any atom is 0.416 e. The van der Waals surface area contributed by atoms with E-state index < -0.39 is 17.4 Å². The molecule has 0 radical (unpaired) electrons. The number of imidazole rings is 1. The van der Waals surface area contributed by atoms with E-state index in [1.807, 2.05) is 19.9 Å². The maximum atomic E-state index is 13.1. The van der Waals surface area contributed by atoms with E-state index in [-0.39, 0.29) is 17.7 Å². The summed E-state index contributed by atoms with van der Waals surface area (Å²) < 4.78 is 42.1. The standard InChI is InChI=1S/C22H20F3N5O2/c1-12(2)15-10-16(13-4-6-14(7-5-13)22(23,24)25)27-29-11-17-19(31)28-9-8-26-20(32)21(28,3)30(17)18(15)29/h4-7,10-12H,8-9H2,1-3H3/p+1. The van der Waals surface area contributed by atoms with Crippen LogP contribution in [0.15, 0.2) is 36.5 Å². The number of piperazine rings is 1. The van der Waals surface area contributed by atoms with Gasteiger partial charge in [0, 0.05) is 31.1 Å². The van der Waals surface area contributed by atoms with Crippen molar-refractivity contribution < 1.29 is 27.3 Å². The zero-order valence-corrected chi connectivity index (χ0v) is 17.7. The van der Waals surface area contributed by atoms with Crippen molar-refractivity contribution in [1.29, 1.82) is 0 Å². The number of aromatic nitrogens is 3. The highest BCUT2D eigenvalue weighted by Gasteiger charge is 2.60. The Labute approximate surface area is 181 Å². The molecule has 1 atom stereocenters. The molecule has 4 heterocycles. The average Bonchev–Trinajstić information content (AvgIpc) is 3.22. The third-order valence-corrected chi connectivity index (χ3v) is 6.29. The predicted molar refractivity (Wildman–Crippen MR) is 108 cm³/mol. The molecule has 10 heteroatoms. The Bertz CT molecular complexity index is 1280. The Balaban J connectivity index is 1.72. The second-order valence-electron chi connectivity index (χ2n) is 8.57. The van der Waals surface area contributed by atoms with Crippen molar-refractivity contribution >= 4 is 17.5 Å².